The van der Waals surface area contributed by atoms with Gasteiger partial charge in [-0.3, -0.25) is 0 Å². The molecule has 0 N–H and O–H groups in total. The van der Waals surface area contributed by atoms with E-state index in [-0.39, 0.29) is 0 Å². The van der Waals surface area contributed by atoms with Crippen LogP contribution in [0.3, 0.4) is 0 Å². The summed E-state index contributed by atoms with van der Waals surface area (Å²) in [6.45, 7) is 5.25. The normalized spacial score (nSPS) is 8.93. The number of benzene rings is 2. The summed E-state index contributed by atoms with van der Waals surface area (Å²) >= 11 is 0. The summed E-state index contributed by atoms with van der Waals surface area (Å²) in [5.74, 6) is 0.938. The van der Waals surface area contributed by atoms with Gasteiger partial charge >= 0.3 is 0 Å². The zero-order valence-electron chi connectivity index (χ0n) is 9.23. The maximum Gasteiger partial charge on any atom is 0.126 e. The lowest BCUT2D eigenvalue weighted by Gasteiger charge is -2.03. The Kier molecular flexibility index (Phi) is 4.42. The lowest BCUT2D eigenvalue weighted by Crippen LogP contribution is -1.83. The van der Waals surface area contributed by atoms with Crippen LogP contribution in [0.4, 0.5) is 0 Å². The molecule has 0 saturated carbocycles. The van der Waals surface area contributed by atoms with Crippen LogP contribution >= 0.6 is 0 Å². The van der Waals surface area contributed by atoms with Crippen molar-refractivity contribution in [3.05, 3.63) is 55.1 Å². The highest BCUT2D eigenvalue weighted by molar-refractivity contribution is 5.88. The number of hydrogen-bond acceptors (Lipinski definition) is 1. The van der Waals surface area contributed by atoms with Crippen molar-refractivity contribution in [3.63, 3.8) is 0 Å². The van der Waals surface area contributed by atoms with Crippen LogP contribution < -0.4 is 4.74 Å². The van der Waals surface area contributed by atoms with Crippen molar-refractivity contribution in [1.29, 1.82) is 0 Å². The van der Waals surface area contributed by atoms with E-state index in [0.717, 1.165) is 5.75 Å². The summed E-state index contributed by atoms with van der Waals surface area (Å²) in [5.41, 5.74) is 0. The lowest BCUT2D eigenvalue weighted by molar-refractivity contribution is 0.420. The van der Waals surface area contributed by atoms with Crippen molar-refractivity contribution in [3.8, 4) is 5.75 Å². The molecule has 0 atom stereocenters. The number of methoxy groups -OCH3 is 1. The van der Waals surface area contributed by atoms with Crippen molar-refractivity contribution in [1.82, 2.24) is 0 Å². The first-order chi connectivity index (χ1) is 7.33. The molecular formula is C14H16O. The zero-order chi connectivity index (χ0) is 11.1. The largest absolute Gasteiger partial charge is 0.496 e. The van der Waals surface area contributed by atoms with Gasteiger partial charge in [0.15, 0.2) is 0 Å². The summed E-state index contributed by atoms with van der Waals surface area (Å²) in [6, 6.07) is 14.2. The van der Waals surface area contributed by atoms with Crippen LogP contribution in [0.15, 0.2) is 55.1 Å². The SMILES string of the molecule is C=CC.COc1cccc2ccccc12. The molecule has 1 nitrogen and oxygen atoms in total. The van der Waals surface area contributed by atoms with E-state index in [1.54, 1.807) is 13.2 Å². The van der Waals surface area contributed by atoms with Gasteiger partial charge in [-0.1, -0.05) is 42.5 Å². The highest BCUT2D eigenvalue weighted by Gasteiger charge is 1.96. The van der Waals surface area contributed by atoms with Gasteiger partial charge in [-0.15, -0.1) is 6.58 Å². The average Bonchev–Trinajstić information content (AvgIpc) is 2.29. The summed E-state index contributed by atoms with van der Waals surface area (Å²) in [6.07, 6.45) is 1.75. The van der Waals surface area contributed by atoms with Gasteiger partial charge < -0.3 is 4.74 Å². The molecular weight excluding hydrogens is 184 g/mol. The molecule has 0 aromatic heterocycles. The van der Waals surface area contributed by atoms with Crippen molar-refractivity contribution >= 4 is 10.8 Å². The molecule has 0 unspecified atom stereocenters. The fourth-order valence-electron chi connectivity index (χ4n) is 1.37. The van der Waals surface area contributed by atoms with E-state index in [1.807, 2.05) is 31.2 Å². The topological polar surface area (TPSA) is 9.23 Å². The molecule has 0 amide bonds. The molecule has 0 aliphatic heterocycles. The Hall–Kier alpha value is -1.76. The lowest BCUT2D eigenvalue weighted by atomic mass is 10.1. The molecule has 0 saturated heterocycles. The number of allylic oxidation sites excluding steroid dienone is 1. The average molecular weight is 200 g/mol. The molecule has 2 aromatic carbocycles. The van der Waals surface area contributed by atoms with E-state index in [4.69, 9.17) is 4.74 Å². The van der Waals surface area contributed by atoms with Crippen LogP contribution in [0, 0.1) is 0 Å². The third kappa shape index (κ3) is 2.84. The second-order valence-electron chi connectivity index (χ2n) is 3.09. The summed E-state index contributed by atoms with van der Waals surface area (Å²) < 4.78 is 5.23. The monoisotopic (exact) mass is 200 g/mol. The maximum absolute atomic E-state index is 5.23. The summed E-state index contributed by atoms with van der Waals surface area (Å²) in [7, 11) is 1.70. The van der Waals surface area contributed by atoms with Gasteiger partial charge in [0.25, 0.3) is 0 Å². The van der Waals surface area contributed by atoms with Gasteiger partial charge in [-0.2, -0.15) is 0 Å². The molecule has 0 radical (unpaired) electrons. The Bertz CT molecular complexity index is 427. The van der Waals surface area contributed by atoms with E-state index in [0.29, 0.717) is 0 Å². The van der Waals surface area contributed by atoms with Gasteiger partial charge in [-0.25, -0.2) is 0 Å². The molecule has 0 spiro atoms. The van der Waals surface area contributed by atoms with Crippen LogP contribution in [0.25, 0.3) is 10.8 Å². The third-order valence-corrected chi connectivity index (χ3v) is 1.97. The third-order valence-electron chi connectivity index (χ3n) is 1.97. The first-order valence-electron chi connectivity index (χ1n) is 4.92. The Morgan fingerprint density at radius 1 is 1.07 bits per heavy atom. The van der Waals surface area contributed by atoms with Crippen LogP contribution in [0.5, 0.6) is 5.75 Å². The van der Waals surface area contributed by atoms with Crippen molar-refractivity contribution in [2.45, 2.75) is 6.92 Å². The number of rotatable bonds is 1. The smallest absolute Gasteiger partial charge is 0.126 e. The van der Waals surface area contributed by atoms with Crippen molar-refractivity contribution < 1.29 is 4.74 Å². The van der Waals surface area contributed by atoms with Gasteiger partial charge in [0.05, 0.1) is 7.11 Å². The zero-order valence-corrected chi connectivity index (χ0v) is 9.23. The first-order valence-corrected chi connectivity index (χ1v) is 4.92. The predicted octanol–water partition coefficient (Wildman–Crippen LogP) is 4.04. The van der Waals surface area contributed by atoms with E-state index < -0.39 is 0 Å². The van der Waals surface area contributed by atoms with Crippen LogP contribution in [-0.2, 0) is 0 Å². The Balaban J connectivity index is 0.000000337. The van der Waals surface area contributed by atoms with E-state index in [9.17, 15) is 0 Å². The summed E-state index contributed by atoms with van der Waals surface area (Å²) in [4.78, 5) is 0. The predicted molar refractivity (Wildman–Crippen MR) is 66.4 cm³/mol. The minimum atomic E-state index is 0.938. The molecule has 0 aliphatic rings. The maximum atomic E-state index is 5.23. The molecule has 1 heteroatoms. The van der Waals surface area contributed by atoms with E-state index in [2.05, 4.69) is 24.8 Å². The number of fused-ring (bicyclic) bond motifs is 1. The highest BCUT2D eigenvalue weighted by atomic mass is 16.5. The molecule has 0 heterocycles. The Morgan fingerprint density at radius 2 is 1.67 bits per heavy atom. The van der Waals surface area contributed by atoms with E-state index in [1.165, 1.54) is 10.8 Å². The fraction of sp³-hybridized carbons (Fsp3) is 0.143. The van der Waals surface area contributed by atoms with Crippen LogP contribution in [-0.4, -0.2) is 7.11 Å². The Morgan fingerprint density at radius 3 is 2.33 bits per heavy atom. The molecule has 78 valence electrons. The molecule has 2 rings (SSSR count). The minimum absolute atomic E-state index is 0.938. The number of ether oxygens (including phenoxy) is 1. The molecule has 0 bridgehead atoms. The standard InChI is InChI=1S/C11H10O.C3H6/c1-12-11-8-4-6-9-5-2-3-7-10(9)11;1-3-2/h2-8H,1H3;3H,1H2,2H3. The van der Waals surface area contributed by atoms with Gasteiger partial charge in [-0.05, 0) is 18.4 Å². The summed E-state index contributed by atoms with van der Waals surface area (Å²) in [5, 5.41) is 2.39. The van der Waals surface area contributed by atoms with Gasteiger partial charge in [0.1, 0.15) is 5.75 Å². The second kappa shape index (κ2) is 5.86. The van der Waals surface area contributed by atoms with E-state index >= 15 is 0 Å². The first kappa shape index (κ1) is 11.3. The highest BCUT2D eigenvalue weighted by Crippen LogP contribution is 2.24. The number of hydrogen-bond donors (Lipinski definition) is 0. The van der Waals surface area contributed by atoms with Crippen molar-refractivity contribution in [2.24, 2.45) is 0 Å². The van der Waals surface area contributed by atoms with Crippen molar-refractivity contribution in [2.75, 3.05) is 7.11 Å². The molecule has 15 heavy (non-hydrogen) atoms. The fourth-order valence-corrected chi connectivity index (χ4v) is 1.37. The van der Waals surface area contributed by atoms with Gasteiger partial charge in [0, 0.05) is 5.39 Å². The Labute approximate surface area is 91.0 Å². The minimum Gasteiger partial charge on any atom is -0.496 e. The second-order valence-corrected chi connectivity index (χ2v) is 3.09. The van der Waals surface area contributed by atoms with Gasteiger partial charge in [0.2, 0.25) is 0 Å². The molecule has 0 aliphatic carbocycles. The molecule has 0 fully saturated rings. The quantitative estimate of drug-likeness (QED) is 0.631. The van der Waals surface area contributed by atoms with Crippen LogP contribution in [0.2, 0.25) is 0 Å². The molecule has 2 aromatic rings. The van der Waals surface area contributed by atoms with Crippen LogP contribution in [0.1, 0.15) is 6.92 Å².